The van der Waals surface area contributed by atoms with Gasteiger partial charge in [-0.25, -0.2) is 0 Å². The zero-order chi connectivity index (χ0) is 13.4. The highest BCUT2D eigenvalue weighted by molar-refractivity contribution is 5.90. The average Bonchev–Trinajstić information content (AvgIpc) is 2.32. The highest BCUT2D eigenvalue weighted by Crippen LogP contribution is 2.10. The van der Waals surface area contributed by atoms with Gasteiger partial charge in [-0.3, -0.25) is 4.79 Å². The largest absolute Gasteiger partial charge is 0.399 e. The van der Waals surface area contributed by atoms with Crippen molar-refractivity contribution in [2.45, 2.75) is 12.8 Å². The van der Waals surface area contributed by atoms with Crippen molar-refractivity contribution in [2.24, 2.45) is 0 Å². The first-order valence-corrected chi connectivity index (χ1v) is 6.06. The van der Waals surface area contributed by atoms with Crippen LogP contribution in [0.25, 0.3) is 0 Å². The van der Waals surface area contributed by atoms with Crippen LogP contribution in [-0.2, 0) is 4.79 Å². The number of likely N-dealkylation sites (N-methyl/N-ethyl adjacent to an activating group) is 1. The predicted octanol–water partition coefficient (Wildman–Crippen LogP) is 0.912. The molecule has 5 heteroatoms. The SMILES string of the molecule is CN(CCO)CCCC(=O)Nc1ccc(N)cc1. The second kappa shape index (κ2) is 7.68. The third kappa shape index (κ3) is 5.65. The molecular weight excluding hydrogens is 230 g/mol. The molecule has 1 rings (SSSR count). The molecule has 1 aromatic carbocycles. The van der Waals surface area contributed by atoms with Gasteiger partial charge < -0.3 is 21.1 Å². The maximum absolute atomic E-state index is 11.6. The van der Waals surface area contributed by atoms with Gasteiger partial charge in [0, 0.05) is 24.3 Å². The Labute approximate surface area is 108 Å². The number of rotatable bonds is 7. The quantitative estimate of drug-likeness (QED) is 0.629. The molecule has 18 heavy (non-hydrogen) atoms. The van der Waals surface area contributed by atoms with Crippen molar-refractivity contribution >= 4 is 17.3 Å². The Morgan fingerprint density at radius 2 is 2.00 bits per heavy atom. The van der Waals surface area contributed by atoms with Gasteiger partial charge >= 0.3 is 0 Å². The Morgan fingerprint density at radius 1 is 1.33 bits per heavy atom. The lowest BCUT2D eigenvalue weighted by atomic mass is 10.2. The number of carbonyl (C=O) groups excluding carboxylic acids is 1. The van der Waals surface area contributed by atoms with Crippen molar-refractivity contribution in [3.8, 4) is 0 Å². The highest BCUT2D eigenvalue weighted by Gasteiger charge is 2.03. The van der Waals surface area contributed by atoms with Gasteiger partial charge in [-0.15, -0.1) is 0 Å². The number of aliphatic hydroxyl groups excluding tert-OH is 1. The van der Waals surface area contributed by atoms with Gasteiger partial charge in [0.25, 0.3) is 0 Å². The van der Waals surface area contributed by atoms with E-state index in [1.807, 2.05) is 11.9 Å². The standard InChI is InChI=1S/C13H21N3O2/c1-16(9-10-17)8-2-3-13(18)15-12-6-4-11(14)5-7-12/h4-7,17H,2-3,8-10,14H2,1H3,(H,15,18). The summed E-state index contributed by atoms with van der Waals surface area (Å²) in [6, 6.07) is 7.07. The second-order valence-electron chi connectivity index (χ2n) is 4.30. The lowest BCUT2D eigenvalue weighted by Gasteiger charge is -2.14. The maximum atomic E-state index is 11.6. The van der Waals surface area contributed by atoms with Crippen LogP contribution in [0.3, 0.4) is 0 Å². The summed E-state index contributed by atoms with van der Waals surface area (Å²) in [5.74, 6) is -0.00262. The lowest BCUT2D eigenvalue weighted by Crippen LogP contribution is -2.24. The number of hydrogen-bond donors (Lipinski definition) is 3. The Balaban J connectivity index is 2.23. The molecule has 100 valence electrons. The zero-order valence-electron chi connectivity index (χ0n) is 10.7. The predicted molar refractivity (Wildman–Crippen MR) is 73.3 cm³/mol. The van der Waals surface area contributed by atoms with Crippen LogP contribution < -0.4 is 11.1 Å². The summed E-state index contributed by atoms with van der Waals surface area (Å²) in [4.78, 5) is 13.6. The number of nitrogen functional groups attached to an aromatic ring is 1. The molecule has 4 N–H and O–H groups in total. The van der Waals surface area contributed by atoms with Gasteiger partial charge in [0.05, 0.1) is 6.61 Å². The number of aliphatic hydroxyl groups is 1. The van der Waals surface area contributed by atoms with Gasteiger partial charge in [0.2, 0.25) is 5.91 Å². The van der Waals surface area contributed by atoms with E-state index in [2.05, 4.69) is 5.32 Å². The first-order chi connectivity index (χ1) is 8.61. The molecule has 0 saturated carbocycles. The smallest absolute Gasteiger partial charge is 0.224 e. The fraction of sp³-hybridized carbons (Fsp3) is 0.462. The normalized spacial score (nSPS) is 10.6. The molecule has 0 atom stereocenters. The Morgan fingerprint density at radius 3 is 2.61 bits per heavy atom. The molecule has 0 aliphatic heterocycles. The number of carbonyl (C=O) groups is 1. The number of anilines is 2. The second-order valence-corrected chi connectivity index (χ2v) is 4.30. The average molecular weight is 251 g/mol. The van der Waals surface area contributed by atoms with Gasteiger partial charge in [-0.2, -0.15) is 0 Å². The fourth-order valence-electron chi connectivity index (χ4n) is 1.58. The van der Waals surface area contributed by atoms with Gasteiger partial charge in [-0.1, -0.05) is 0 Å². The third-order valence-corrected chi connectivity index (χ3v) is 2.62. The molecule has 0 heterocycles. The van der Waals surface area contributed by atoms with E-state index in [4.69, 9.17) is 10.8 Å². The van der Waals surface area contributed by atoms with E-state index in [0.717, 1.165) is 18.7 Å². The molecule has 0 spiro atoms. The van der Waals surface area contributed by atoms with E-state index in [-0.39, 0.29) is 12.5 Å². The Kier molecular flexibility index (Phi) is 6.18. The summed E-state index contributed by atoms with van der Waals surface area (Å²) in [5.41, 5.74) is 7.00. The van der Waals surface area contributed by atoms with Crippen molar-refractivity contribution in [2.75, 3.05) is 37.8 Å². The molecule has 1 aromatic rings. The number of amides is 1. The summed E-state index contributed by atoms with van der Waals surface area (Å²) in [6.07, 6.45) is 1.25. The molecule has 1 amide bonds. The van der Waals surface area contributed by atoms with E-state index < -0.39 is 0 Å². The number of hydrogen-bond acceptors (Lipinski definition) is 4. The first-order valence-electron chi connectivity index (χ1n) is 6.06. The zero-order valence-corrected chi connectivity index (χ0v) is 10.7. The number of benzene rings is 1. The third-order valence-electron chi connectivity index (χ3n) is 2.62. The Bertz CT molecular complexity index is 365. The van der Waals surface area contributed by atoms with Crippen LogP contribution in [0.5, 0.6) is 0 Å². The van der Waals surface area contributed by atoms with Crippen LogP contribution in [-0.4, -0.2) is 42.7 Å². The van der Waals surface area contributed by atoms with E-state index in [9.17, 15) is 4.79 Å². The van der Waals surface area contributed by atoms with Crippen molar-refractivity contribution in [3.05, 3.63) is 24.3 Å². The molecular formula is C13H21N3O2. The molecule has 0 aromatic heterocycles. The molecule has 0 aliphatic carbocycles. The summed E-state index contributed by atoms with van der Waals surface area (Å²) in [6.45, 7) is 1.59. The minimum atomic E-state index is -0.00262. The van der Waals surface area contributed by atoms with Crippen LogP contribution in [0, 0.1) is 0 Å². The molecule has 0 fully saturated rings. The molecule has 0 aliphatic rings. The van der Waals surface area contributed by atoms with Gasteiger partial charge in [0.1, 0.15) is 0 Å². The first kappa shape index (κ1) is 14.5. The fourth-order valence-corrected chi connectivity index (χ4v) is 1.58. The monoisotopic (exact) mass is 251 g/mol. The minimum absolute atomic E-state index is 0.00262. The number of nitrogens with zero attached hydrogens (tertiary/aromatic N) is 1. The van der Waals surface area contributed by atoms with Crippen LogP contribution in [0.2, 0.25) is 0 Å². The molecule has 0 bridgehead atoms. The maximum Gasteiger partial charge on any atom is 0.224 e. The highest BCUT2D eigenvalue weighted by atomic mass is 16.3. The molecule has 5 nitrogen and oxygen atoms in total. The van der Waals surface area contributed by atoms with Crippen LogP contribution in [0.1, 0.15) is 12.8 Å². The molecule has 0 unspecified atom stereocenters. The van der Waals surface area contributed by atoms with E-state index in [1.54, 1.807) is 24.3 Å². The topological polar surface area (TPSA) is 78.6 Å². The summed E-state index contributed by atoms with van der Waals surface area (Å²) in [7, 11) is 1.92. The summed E-state index contributed by atoms with van der Waals surface area (Å²) < 4.78 is 0. The van der Waals surface area contributed by atoms with Crippen LogP contribution in [0.15, 0.2) is 24.3 Å². The minimum Gasteiger partial charge on any atom is -0.399 e. The van der Waals surface area contributed by atoms with Crippen LogP contribution in [0.4, 0.5) is 11.4 Å². The van der Waals surface area contributed by atoms with Gasteiger partial charge in [0.15, 0.2) is 0 Å². The summed E-state index contributed by atoms with van der Waals surface area (Å²) in [5, 5.41) is 11.5. The van der Waals surface area contributed by atoms with Crippen molar-refractivity contribution in [1.82, 2.24) is 4.90 Å². The molecule has 0 saturated heterocycles. The van der Waals surface area contributed by atoms with Crippen molar-refractivity contribution in [3.63, 3.8) is 0 Å². The molecule has 0 radical (unpaired) electrons. The Hall–Kier alpha value is -1.59. The number of nitrogens with one attached hydrogen (secondary N) is 1. The summed E-state index contributed by atoms with van der Waals surface area (Å²) >= 11 is 0. The van der Waals surface area contributed by atoms with Crippen molar-refractivity contribution < 1.29 is 9.90 Å². The number of nitrogens with two attached hydrogens (primary N) is 1. The lowest BCUT2D eigenvalue weighted by molar-refractivity contribution is -0.116. The van der Waals surface area contributed by atoms with Gasteiger partial charge in [-0.05, 0) is 44.3 Å². The van der Waals surface area contributed by atoms with Crippen LogP contribution >= 0.6 is 0 Å². The van der Waals surface area contributed by atoms with E-state index in [0.29, 0.717) is 18.7 Å². The van der Waals surface area contributed by atoms with E-state index >= 15 is 0 Å². The van der Waals surface area contributed by atoms with E-state index in [1.165, 1.54) is 0 Å². The van der Waals surface area contributed by atoms with Crippen molar-refractivity contribution in [1.29, 1.82) is 0 Å².